The maximum atomic E-state index is 8.14. The highest BCUT2D eigenvalue weighted by atomic mass is 15.2. The van der Waals surface area contributed by atoms with Gasteiger partial charge < -0.3 is 18.9 Å². The van der Waals surface area contributed by atoms with Crippen molar-refractivity contribution < 1.29 is 0 Å². The maximum Gasteiger partial charge on any atom is 0.252 e. The zero-order valence-corrected chi connectivity index (χ0v) is 59.9. The van der Waals surface area contributed by atoms with Gasteiger partial charge in [-0.2, -0.15) is 0 Å². The second-order valence-electron chi connectivity index (χ2n) is 32.1. The summed E-state index contributed by atoms with van der Waals surface area (Å²) in [5, 5.41) is 4.68. The summed E-state index contributed by atoms with van der Waals surface area (Å²) in [6.07, 6.45) is 0. The Balaban J connectivity index is 1.04. The smallest absolute Gasteiger partial charge is 0.252 e. The van der Waals surface area contributed by atoms with Crippen molar-refractivity contribution in [2.24, 2.45) is 0 Å². The third kappa shape index (κ3) is 10.4. The highest BCUT2D eigenvalue weighted by molar-refractivity contribution is 7.00. The number of aromatic nitrogens is 2. The Morgan fingerprint density at radius 3 is 1.01 bits per heavy atom. The van der Waals surface area contributed by atoms with E-state index in [0.717, 1.165) is 112 Å². The van der Waals surface area contributed by atoms with Crippen molar-refractivity contribution in [2.75, 3.05) is 9.80 Å². The van der Waals surface area contributed by atoms with Gasteiger partial charge in [-0.15, -0.1) is 0 Å². The number of benzene rings is 13. The van der Waals surface area contributed by atoms with Crippen molar-refractivity contribution in [2.45, 2.75) is 105 Å². The first-order valence-electron chi connectivity index (χ1n) is 35.7. The number of para-hydroxylation sites is 1. The van der Waals surface area contributed by atoms with Crippen molar-refractivity contribution in [3.63, 3.8) is 0 Å². The van der Waals surface area contributed by atoms with Crippen molar-refractivity contribution >= 4 is 107 Å². The van der Waals surface area contributed by atoms with Gasteiger partial charge in [-0.3, -0.25) is 0 Å². The van der Waals surface area contributed by atoms with Crippen molar-refractivity contribution in [1.82, 2.24) is 9.13 Å². The number of nitrogens with zero attached hydrogens (tertiary/aromatic N) is 5. The Labute approximate surface area is 595 Å². The van der Waals surface area contributed by atoms with Gasteiger partial charge in [0.1, 0.15) is 0 Å². The Morgan fingerprint density at radius 2 is 0.634 bits per heavy atom. The van der Waals surface area contributed by atoms with Crippen molar-refractivity contribution in [1.29, 1.82) is 0 Å². The van der Waals surface area contributed by atoms with Gasteiger partial charge in [0, 0.05) is 72.5 Å². The Morgan fingerprint density at radius 1 is 0.287 bits per heavy atom. The molecule has 0 radical (unpaired) electrons. The summed E-state index contributed by atoms with van der Waals surface area (Å²) in [7, 11) is 0. The van der Waals surface area contributed by atoms with Crippen LogP contribution >= 0.6 is 0 Å². The lowest BCUT2D eigenvalue weighted by Crippen LogP contribution is -2.61. The van der Waals surface area contributed by atoms with Crippen LogP contribution < -0.4 is 26.2 Å². The van der Waals surface area contributed by atoms with Crippen LogP contribution in [0, 0.1) is 6.57 Å². The lowest BCUT2D eigenvalue weighted by molar-refractivity contribution is 0.590. The molecule has 2 aliphatic rings. The molecule has 2 aliphatic heterocycles. The summed E-state index contributed by atoms with van der Waals surface area (Å²) in [5.41, 5.74) is 31.4. The first-order valence-corrected chi connectivity index (χ1v) is 35.7. The third-order valence-electron chi connectivity index (χ3n) is 21.5. The fraction of sp³-hybridized carbons (Fsp3) is 0.168. The molecule has 0 N–H and O–H groups in total. The molecule has 0 saturated carbocycles. The quantitative estimate of drug-likeness (QED) is 0.112. The topological polar surface area (TPSA) is 20.7 Å². The molecule has 0 amide bonds. The third-order valence-corrected chi connectivity index (χ3v) is 21.5. The molecule has 0 unspecified atom stereocenters. The van der Waals surface area contributed by atoms with Crippen LogP contribution in [0.15, 0.2) is 279 Å². The molecule has 2 aromatic heterocycles. The van der Waals surface area contributed by atoms with Gasteiger partial charge in [-0.05, 0) is 191 Å². The minimum absolute atomic E-state index is 0.0561. The van der Waals surface area contributed by atoms with Crippen LogP contribution in [0.25, 0.3) is 104 Å². The Bertz CT molecular complexity index is 5690. The minimum Gasteiger partial charge on any atom is -0.310 e. The first kappa shape index (κ1) is 63.1. The zero-order chi connectivity index (χ0) is 69.6. The molecular weight excluding hydrogens is 1220 g/mol. The van der Waals surface area contributed by atoms with Crippen LogP contribution in [0.5, 0.6) is 0 Å². The number of hydrogen-bond acceptors (Lipinski definition) is 2. The van der Waals surface area contributed by atoms with E-state index in [-0.39, 0.29) is 28.4 Å². The fourth-order valence-corrected chi connectivity index (χ4v) is 16.2. The normalized spacial score (nSPS) is 13.1. The summed E-state index contributed by atoms with van der Waals surface area (Å²) in [6, 6.07) is 105. The van der Waals surface area contributed by atoms with Crippen molar-refractivity contribution in [3.05, 3.63) is 313 Å². The minimum atomic E-state index is -0.244. The molecule has 101 heavy (non-hydrogen) atoms. The summed E-state index contributed by atoms with van der Waals surface area (Å²) in [5.74, 6) is 0. The fourth-order valence-electron chi connectivity index (χ4n) is 16.2. The van der Waals surface area contributed by atoms with Crippen LogP contribution in [0.2, 0.25) is 0 Å². The van der Waals surface area contributed by atoms with Crippen LogP contribution in [0.1, 0.15) is 105 Å². The predicted octanol–water partition coefficient (Wildman–Crippen LogP) is 24.4. The lowest BCUT2D eigenvalue weighted by Gasteiger charge is -2.46. The molecule has 17 rings (SSSR count). The zero-order valence-electron chi connectivity index (χ0n) is 59.9. The molecule has 0 bridgehead atoms. The molecule has 15 aromatic rings. The SMILES string of the molecule is [C-]#[N+]c1ccc2c(c1)c1ccccc1n2-c1ccc2c(c1)N(c1c(-c3ccccc3)cc(C(C)(C)C)cc1-c1ccccc1)c1cccc3c1B2c1ccc(-n2c4ccc(C(C)(C)C)cc4c4cc(C(C)(C)C)ccc42)cc1N3c1c(-c2ccccc2)cc(C(C)(C)C)cc1-c1ccccc1. The molecule has 4 heterocycles. The molecular formula is C95H82BN5. The van der Waals surface area contributed by atoms with Crippen LogP contribution in [-0.2, 0) is 21.7 Å². The van der Waals surface area contributed by atoms with Gasteiger partial charge in [0.25, 0.3) is 6.71 Å². The first-order chi connectivity index (χ1) is 48.6. The van der Waals surface area contributed by atoms with E-state index in [9.17, 15) is 0 Å². The van der Waals surface area contributed by atoms with Crippen LogP contribution in [-0.4, -0.2) is 15.8 Å². The second kappa shape index (κ2) is 23.4. The van der Waals surface area contributed by atoms with Gasteiger partial charge in [0.05, 0.1) is 40.0 Å². The average molecular weight is 1300 g/mol. The molecule has 0 spiro atoms. The summed E-state index contributed by atoms with van der Waals surface area (Å²) in [4.78, 5) is 9.28. The van der Waals surface area contributed by atoms with Gasteiger partial charge in [0.15, 0.2) is 5.69 Å². The molecule has 13 aromatic carbocycles. The maximum absolute atomic E-state index is 8.14. The van der Waals surface area contributed by atoms with Gasteiger partial charge in [-0.1, -0.05) is 259 Å². The van der Waals surface area contributed by atoms with Gasteiger partial charge >= 0.3 is 0 Å². The molecule has 0 atom stereocenters. The average Bonchev–Trinajstić information content (AvgIpc) is 0.957. The van der Waals surface area contributed by atoms with Gasteiger partial charge in [-0.25, -0.2) is 4.85 Å². The van der Waals surface area contributed by atoms with E-state index in [4.69, 9.17) is 6.57 Å². The van der Waals surface area contributed by atoms with E-state index in [1.165, 1.54) is 60.4 Å². The van der Waals surface area contributed by atoms with Crippen LogP contribution in [0.3, 0.4) is 0 Å². The molecule has 6 heteroatoms. The van der Waals surface area contributed by atoms with E-state index in [1.807, 2.05) is 6.07 Å². The van der Waals surface area contributed by atoms with Crippen LogP contribution in [0.4, 0.5) is 39.8 Å². The van der Waals surface area contributed by atoms with E-state index >= 15 is 0 Å². The standard InChI is InChI=1S/C95H82BN5/c1-92(2,3)64-41-48-82-76(51-64)77-52-65(93(4,5)6)42-49-83(77)99(82)70-45-47-80-88(59-70)101(91-74(62-33-22-16-23-34-62)55-67(95(10,11)12)56-75(91)63-35-24-17-25-36-63)86-40-28-39-85-89(86)96(80)79-46-44-69(98-81-38-27-26-37-71(81)78-57-68(97-13)43-50-84(78)98)58-87(79)100(85)90-72(60-29-18-14-19-30-60)53-66(94(7,8)9)54-73(90)61-31-20-15-21-32-61/h14-59H,1-12H3. The van der Waals surface area contributed by atoms with E-state index in [0.29, 0.717) is 5.69 Å². The molecule has 5 nitrogen and oxygen atoms in total. The largest absolute Gasteiger partial charge is 0.310 e. The lowest BCUT2D eigenvalue weighted by atomic mass is 9.33. The highest BCUT2D eigenvalue weighted by Crippen LogP contribution is 2.55. The molecule has 0 aliphatic carbocycles. The number of rotatable bonds is 8. The Kier molecular flexibility index (Phi) is 14.6. The summed E-state index contributed by atoms with van der Waals surface area (Å²) >= 11 is 0. The monoisotopic (exact) mass is 1300 g/mol. The predicted molar refractivity (Wildman–Crippen MR) is 432 cm³/mol. The molecule has 0 fully saturated rings. The molecule has 0 saturated heterocycles. The summed E-state index contributed by atoms with van der Waals surface area (Å²) in [6.45, 7) is 35.9. The van der Waals surface area contributed by atoms with E-state index in [2.05, 4.69) is 380 Å². The van der Waals surface area contributed by atoms with E-state index in [1.54, 1.807) is 0 Å². The highest BCUT2D eigenvalue weighted by Gasteiger charge is 2.46. The van der Waals surface area contributed by atoms with Gasteiger partial charge in [0.2, 0.25) is 0 Å². The van der Waals surface area contributed by atoms with E-state index < -0.39 is 0 Å². The van der Waals surface area contributed by atoms with Crippen molar-refractivity contribution in [3.8, 4) is 55.9 Å². The molecule has 490 valence electrons. The Hall–Kier alpha value is -11.4. The number of hydrogen-bond donors (Lipinski definition) is 0. The second-order valence-corrected chi connectivity index (χ2v) is 32.1. The number of fused-ring (bicyclic) bond motifs is 10. The summed E-state index contributed by atoms with van der Waals surface area (Å²) < 4.78 is 4.96. The number of anilines is 6.